The Morgan fingerprint density at radius 2 is 2.00 bits per heavy atom. The first-order chi connectivity index (χ1) is 11.1. The summed E-state index contributed by atoms with van der Waals surface area (Å²) in [6, 6.07) is 11.2. The smallest absolute Gasteiger partial charge is 0.230 e. The maximum atomic E-state index is 12.2. The third kappa shape index (κ3) is 3.18. The average Bonchev–Trinajstić information content (AvgIpc) is 2.90. The number of carbonyl (C=O) groups is 1. The molecule has 1 heterocycles. The number of nitrogens with one attached hydrogen (secondary N) is 1. The van der Waals surface area contributed by atoms with Gasteiger partial charge in [-0.25, -0.2) is 0 Å². The molecular weight excluding hydrogens is 292 g/mol. The number of carbonyl (C=O) groups excluding carboxylic acids is 1. The van der Waals surface area contributed by atoms with E-state index in [9.17, 15) is 4.79 Å². The molecule has 5 heteroatoms. The second kappa shape index (κ2) is 6.12. The van der Waals surface area contributed by atoms with E-state index < -0.39 is 0 Å². The van der Waals surface area contributed by atoms with Crippen molar-refractivity contribution in [3.05, 3.63) is 53.2 Å². The second-order valence-corrected chi connectivity index (χ2v) is 5.52. The summed E-state index contributed by atoms with van der Waals surface area (Å²) in [6.45, 7) is 4.05. The molecule has 0 spiro atoms. The Hall–Kier alpha value is -2.82. The van der Waals surface area contributed by atoms with Gasteiger partial charge in [-0.1, -0.05) is 11.2 Å². The van der Waals surface area contributed by atoms with Gasteiger partial charge in [0.2, 0.25) is 5.91 Å². The van der Waals surface area contributed by atoms with E-state index in [0.29, 0.717) is 22.7 Å². The molecule has 1 aromatic heterocycles. The molecule has 0 radical (unpaired) electrons. The number of hydrogen-bond donors (Lipinski definition) is 1. The highest BCUT2D eigenvalue weighted by molar-refractivity contribution is 5.95. The molecule has 0 saturated carbocycles. The highest BCUT2D eigenvalue weighted by Crippen LogP contribution is 2.23. The predicted octanol–water partition coefficient (Wildman–Crippen LogP) is 3.63. The lowest BCUT2D eigenvalue weighted by atomic mass is 10.1. The molecule has 5 nitrogen and oxygen atoms in total. The summed E-state index contributed by atoms with van der Waals surface area (Å²) in [5, 5.41) is 7.76. The van der Waals surface area contributed by atoms with Gasteiger partial charge in [-0.2, -0.15) is 0 Å². The molecule has 0 unspecified atom stereocenters. The molecule has 1 N–H and O–H groups in total. The highest BCUT2D eigenvalue weighted by atomic mass is 16.5. The summed E-state index contributed by atoms with van der Waals surface area (Å²) in [6.07, 6.45) is 0.159. The molecule has 0 fully saturated rings. The largest absolute Gasteiger partial charge is 0.497 e. The van der Waals surface area contributed by atoms with E-state index in [0.717, 1.165) is 16.5 Å². The van der Waals surface area contributed by atoms with Gasteiger partial charge in [-0.15, -0.1) is 0 Å². The molecule has 0 aliphatic heterocycles. The van der Waals surface area contributed by atoms with Crippen molar-refractivity contribution in [3.63, 3.8) is 0 Å². The second-order valence-electron chi connectivity index (χ2n) is 5.52. The number of rotatable bonds is 4. The molecule has 3 rings (SSSR count). The first-order valence-corrected chi connectivity index (χ1v) is 7.36. The number of aryl methyl sites for hydroxylation is 2. The van der Waals surface area contributed by atoms with Gasteiger partial charge in [-0.05, 0) is 49.2 Å². The van der Waals surface area contributed by atoms with E-state index in [-0.39, 0.29) is 12.3 Å². The van der Waals surface area contributed by atoms with Crippen LogP contribution in [0.3, 0.4) is 0 Å². The third-order valence-electron chi connectivity index (χ3n) is 3.84. The fraction of sp³-hybridized carbons (Fsp3) is 0.222. The SMILES string of the molecule is COc1cccc(NC(=O)Cc2noc3cc(C)c(C)cc23)c1. The lowest BCUT2D eigenvalue weighted by molar-refractivity contribution is -0.115. The Balaban J connectivity index is 1.79. The number of hydrogen-bond acceptors (Lipinski definition) is 4. The number of anilines is 1. The summed E-state index contributed by atoms with van der Waals surface area (Å²) in [7, 11) is 1.59. The maximum absolute atomic E-state index is 12.2. The van der Waals surface area contributed by atoms with Gasteiger partial charge in [0, 0.05) is 17.1 Å². The highest BCUT2D eigenvalue weighted by Gasteiger charge is 2.14. The molecular formula is C18H18N2O3. The van der Waals surface area contributed by atoms with Gasteiger partial charge < -0.3 is 14.6 Å². The van der Waals surface area contributed by atoms with Crippen molar-refractivity contribution in [1.29, 1.82) is 0 Å². The van der Waals surface area contributed by atoms with E-state index in [1.54, 1.807) is 13.2 Å². The zero-order valence-electron chi connectivity index (χ0n) is 13.3. The number of fused-ring (bicyclic) bond motifs is 1. The first kappa shape index (κ1) is 15.1. The fourth-order valence-corrected chi connectivity index (χ4v) is 2.43. The first-order valence-electron chi connectivity index (χ1n) is 7.36. The molecule has 0 aliphatic rings. The number of amides is 1. The van der Waals surface area contributed by atoms with Gasteiger partial charge >= 0.3 is 0 Å². The quantitative estimate of drug-likeness (QED) is 0.799. The summed E-state index contributed by atoms with van der Waals surface area (Å²) >= 11 is 0. The number of methoxy groups -OCH3 is 1. The maximum Gasteiger partial charge on any atom is 0.230 e. The number of aromatic nitrogens is 1. The van der Waals surface area contributed by atoms with E-state index in [1.807, 2.05) is 44.2 Å². The summed E-state index contributed by atoms with van der Waals surface area (Å²) in [5.74, 6) is 0.549. The molecule has 0 aliphatic carbocycles. The molecule has 0 bridgehead atoms. The number of nitrogens with zero attached hydrogens (tertiary/aromatic N) is 1. The molecule has 118 valence electrons. The van der Waals surface area contributed by atoms with Crippen LogP contribution in [0.5, 0.6) is 5.75 Å². The minimum atomic E-state index is -0.147. The number of ether oxygens (including phenoxy) is 1. The standard InChI is InChI=1S/C18H18N2O3/c1-11-7-15-16(20-23-17(15)8-12(11)2)10-18(21)19-13-5-4-6-14(9-13)22-3/h4-9H,10H2,1-3H3,(H,19,21). The zero-order chi connectivity index (χ0) is 16.4. The van der Waals surface area contributed by atoms with Crippen LogP contribution in [-0.4, -0.2) is 18.2 Å². The summed E-state index contributed by atoms with van der Waals surface area (Å²) in [4.78, 5) is 12.2. The van der Waals surface area contributed by atoms with Crippen LogP contribution in [-0.2, 0) is 11.2 Å². The Morgan fingerprint density at radius 1 is 1.22 bits per heavy atom. The molecule has 1 amide bonds. The van der Waals surface area contributed by atoms with Gasteiger partial charge in [0.1, 0.15) is 11.4 Å². The summed E-state index contributed by atoms with van der Waals surface area (Å²) in [5.41, 5.74) is 4.33. The molecule has 0 saturated heterocycles. The Kier molecular flexibility index (Phi) is 4.02. The van der Waals surface area contributed by atoms with Crippen LogP contribution in [0.15, 0.2) is 40.9 Å². The molecule has 3 aromatic rings. The van der Waals surface area contributed by atoms with Crippen molar-refractivity contribution in [3.8, 4) is 5.75 Å². The molecule has 23 heavy (non-hydrogen) atoms. The van der Waals surface area contributed by atoms with Crippen LogP contribution in [0, 0.1) is 13.8 Å². The zero-order valence-corrected chi connectivity index (χ0v) is 13.3. The van der Waals surface area contributed by atoms with Gasteiger partial charge in [0.05, 0.1) is 13.5 Å². The predicted molar refractivity (Wildman–Crippen MR) is 88.8 cm³/mol. The van der Waals surface area contributed by atoms with E-state index >= 15 is 0 Å². The van der Waals surface area contributed by atoms with Gasteiger partial charge in [0.15, 0.2) is 5.58 Å². The molecule has 0 atom stereocenters. The van der Waals surface area contributed by atoms with Crippen LogP contribution in [0.25, 0.3) is 11.0 Å². The topological polar surface area (TPSA) is 64.4 Å². The van der Waals surface area contributed by atoms with Crippen molar-refractivity contribution < 1.29 is 14.1 Å². The van der Waals surface area contributed by atoms with Crippen LogP contribution in [0.4, 0.5) is 5.69 Å². The summed E-state index contributed by atoms with van der Waals surface area (Å²) < 4.78 is 10.5. The number of benzene rings is 2. The lowest BCUT2D eigenvalue weighted by Crippen LogP contribution is -2.14. The third-order valence-corrected chi connectivity index (χ3v) is 3.84. The minimum absolute atomic E-state index is 0.147. The van der Waals surface area contributed by atoms with Gasteiger partial charge in [-0.3, -0.25) is 4.79 Å². The van der Waals surface area contributed by atoms with Crippen molar-refractivity contribution in [2.24, 2.45) is 0 Å². The van der Waals surface area contributed by atoms with E-state index in [2.05, 4.69) is 10.5 Å². The molecule has 2 aromatic carbocycles. The van der Waals surface area contributed by atoms with E-state index in [4.69, 9.17) is 9.26 Å². The van der Waals surface area contributed by atoms with Crippen LogP contribution < -0.4 is 10.1 Å². The van der Waals surface area contributed by atoms with Crippen LogP contribution in [0.2, 0.25) is 0 Å². The lowest BCUT2D eigenvalue weighted by Gasteiger charge is -2.06. The van der Waals surface area contributed by atoms with Crippen molar-refractivity contribution in [1.82, 2.24) is 5.16 Å². The minimum Gasteiger partial charge on any atom is -0.497 e. The van der Waals surface area contributed by atoms with Crippen LogP contribution in [0.1, 0.15) is 16.8 Å². The Labute approximate surface area is 134 Å². The average molecular weight is 310 g/mol. The van der Waals surface area contributed by atoms with Crippen LogP contribution >= 0.6 is 0 Å². The van der Waals surface area contributed by atoms with Crippen molar-refractivity contribution in [2.75, 3.05) is 12.4 Å². The van der Waals surface area contributed by atoms with Crippen molar-refractivity contribution in [2.45, 2.75) is 20.3 Å². The monoisotopic (exact) mass is 310 g/mol. The fourth-order valence-electron chi connectivity index (χ4n) is 2.43. The van der Waals surface area contributed by atoms with E-state index in [1.165, 1.54) is 0 Å². The Bertz CT molecular complexity index is 868. The van der Waals surface area contributed by atoms with Gasteiger partial charge in [0.25, 0.3) is 0 Å². The van der Waals surface area contributed by atoms with Crippen molar-refractivity contribution >= 4 is 22.6 Å². The normalized spacial score (nSPS) is 10.7. The Morgan fingerprint density at radius 3 is 2.78 bits per heavy atom.